The van der Waals surface area contributed by atoms with Crippen LogP contribution in [0.5, 0.6) is 0 Å². The van der Waals surface area contributed by atoms with E-state index in [0.717, 1.165) is 16.5 Å². The summed E-state index contributed by atoms with van der Waals surface area (Å²) in [7, 11) is 0. The zero-order valence-electron chi connectivity index (χ0n) is 11.3. The molecule has 0 aliphatic rings. The molecule has 2 aromatic carbocycles. The van der Waals surface area contributed by atoms with Gasteiger partial charge in [-0.1, -0.05) is 48.5 Å². The first-order chi connectivity index (χ1) is 10.2. The van der Waals surface area contributed by atoms with Crippen LogP contribution in [0.2, 0.25) is 0 Å². The second-order valence-electron chi connectivity index (χ2n) is 4.48. The van der Waals surface area contributed by atoms with Gasteiger partial charge in [-0.25, -0.2) is 4.98 Å². The largest absolute Gasteiger partial charge is 0.309 e. The molecule has 0 fully saturated rings. The van der Waals surface area contributed by atoms with E-state index in [0.29, 0.717) is 10.6 Å². The lowest BCUT2D eigenvalue weighted by Crippen LogP contribution is -1.98. The molecule has 0 aliphatic carbocycles. The van der Waals surface area contributed by atoms with Crippen molar-refractivity contribution in [1.82, 2.24) is 4.98 Å². The number of aromatic nitrogens is 1. The van der Waals surface area contributed by atoms with Gasteiger partial charge in [0.05, 0.1) is 16.0 Å². The van der Waals surface area contributed by atoms with Crippen molar-refractivity contribution in [1.29, 1.82) is 0 Å². The Balaban J connectivity index is 2.48. The molecule has 1 aromatic heterocycles. The number of pyridine rings is 1. The summed E-state index contributed by atoms with van der Waals surface area (Å²) in [5.41, 5.74) is 2.31. The first kappa shape index (κ1) is 13.6. The number of rotatable bonds is 3. The Hall–Kier alpha value is -2.40. The number of fused-ring (bicyclic) bond motifs is 1. The molecule has 4 nitrogen and oxygen atoms in total. The normalized spacial score (nSPS) is 10.7. The smallest absolute Gasteiger partial charge is 0.258 e. The predicted octanol–water partition coefficient (Wildman–Crippen LogP) is 4.53. The van der Waals surface area contributed by atoms with Crippen molar-refractivity contribution in [3.8, 4) is 11.1 Å². The summed E-state index contributed by atoms with van der Waals surface area (Å²) in [5, 5.41) is 12.8. The minimum Gasteiger partial charge on any atom is -0.258 e. The fourth-order valence-electron chi connectivity index (χ4n) is 2.39. The van der Waals surface area contributed by atoms with Crippen LogP contribution in [0.1, 0.15) is 0 Å². The van der Waals surface area contributed by atoms with E-state index in [2.05, 4.69) is 4.98 Å². The minimum atomic E-state index is -0.340. The molecular formula is C16H12N2O2S. The number of thioether (sulfide) groups is 1. The first-order valence-corrected chi connectivity index (χ1v) is 7.61. The van der Waals surface area contributed by atoms with E-state index in [1.54, 1.807) is 6.26 Å². The van der Waals surface area contributed by atoms with E-state index in [4.69, 9.17) is 0 Å². The lowest BCUT2D eigenvalue weighted by molar-refractivity contribution is -0.387. The van der Waals surface area contributed by atoms with Gasteiger partial charge in [0.25, 0.3) is 0 Å². The maximum absolute atomic E-state index is 11.6. The van der Waals surface area contributed by atoms with Gasteiger partial charge in [0.15, 0.2) is 5.03 Å². The summed E-state index contributed by atoms with van der Waals surface area (Å²) in [4.78, 5) is 15.7. The van der Waals surface area contributed by atoms with E-state index < -0.39 is 0 Å². The van der Waals surface area contributed by atoms with Gasteiger partial charge < -0.3 is 0 Å². The SMILES string of the molecule is CSc1nc2ccccc2c(-c2ccccc2)c1[N+](=O)[O-]. The molecule has 1 heterocycles. The third kappa shape index (κ3) is 2.36. The van der Waals surface area contributed by atoms with E-state index >= 15 is 0 Å². The molecule has 104 valence electrons. The van der Waals surface area contributed by atoms with Crippen molar-refractivity contribution < 1.29 is 4.92 Å². The number of benzene rings is 2. The molecule has 0 unspecified atom stereocenters. The van der Waals surface area contributed by atoms with Crippen molar-refractivity contribution in [3.63, 3.8) is 0 Å². The molecule has 0 N–H and O–H groups in total. The van der Waals surface area contributed by atoms with Crippen LogP contribution in [0.15, 0.2) is 59.6 Å². The van der Waals surface area contributed by atoms with Crippen LogP contribution in [0, 0.1) is 10.1 Å². The monoisotopic (exact) mass is 296 g/mol. The van der Waals surface area contributed by atoms with E-state index in [1.165, 1.54) is 11.8 Å². The average molecular weight is 296 g/mol. The quantitative estimate of drug-likeness (QED) is 0.405. The van der Waals surface area contributed by atoms with Crippen molar-refractivity contribution in [3.05, 3.63) is 64.7 Å². The summed E-state index contributed by atoms with van der Waals surface area (Å²) >= 11 is 1.29. The highest BCUT2D eigenvalue weighted by atomic mass is 32.2. The first-order valence-electron chi connectivity index (χ1n) is 6.39. The molecule has 0 bridgehead atoms. The molecule has 3 rings (SSSR count). The third-order valence-electron chi connectivity index (χ3n) is 3.27. The molecule has 0 amide bonds. The zero-order chi connectivity index (χ0) is 14.8. The maximum atomic E-state index is 11.6. The standard InChI is InChI=1S/C16H12N2O2S/c1-21-16-15(18(19)20)14(11-7-3-2-4-8-11)12-9-5-6-10-13(12)17-16/h2-10H,1H3. The molecule has 0 aliphatic heterocycles. The summed E-state index contributed by atoms with van der Waals surface area (Å²) < 4.78 is 0. The maximum Gasteiger partial charge on any atom is 0.309 e. The molecule has 0 atom stereocenters. The summed E-state index contributed by atoms with van der Waals surface area (Å²) in [6, 6.07) is 17.0. The van der Waals surface area contributed by atoms with Crippen molar-refractivity contribution in [2.45, 2.75) is 5.03 Å². The second-order valence-corrected chi connectivity index (χ2v) is 5.28. The van der Waals surface area contributed by atoms with Crippen LogP contribution in [-0.4, -0.2) is 16.2 Å². The van der Waals surface area contributed by atoms with Gasteiger partial charge in [-0.15, -0.1) is 11.8 Å². The van der Waals surface area contributed by atoms with Gasteiger partial charge in [-0.2, -0.15) is 0 Å². The lowest BCUT2D eigenvalue weighted by Gasteiger charge is -2.10. The molecule has 0 saturated carbocycles. The van der Waals surface area contributed by atoms with Crippen LogP contribution >= 0.6 is 11.8 Å². The summed E-state index contributed by atoms with van der Waals surface area (Å²) in [5.74, 6) is 0. The second kappa shape index (κ2) is 5.54. The fourth-order valence-corrected chi connectivity index (χ4v) is 2.95. The van der Waals surface area contributed by atoms with Crippen molar-refractivity contribution >= 4 is 28.4 Å². The van der Waals surface area contributed by atoms with E-state index in [-0.39, 0.29) is 10.6 Å². The average Bonchev–Trinajstić information content (AvgIpc) is 2.53. The Morgan fingerprint density at radius 3 is 2.38 bits per heavy atom. The summed E-state index contributed by atoms with van der Waals surface area (Å²) in [6.45, 7) is 0. The lowest BCUT2D eigenvalue weighted by atomic mass is 10.00. The van der Waals surface area contributed by atoms with Gasteiger partial charge in [-0.3, -0.25) is 10.1 Å². The molecule has 0 spiro atoms. The van der Waals surface area contributed by atoms with Gasteiger partial charge in [0.2, 0.25) is 0 Å². The Morgan fingerprint density at radius 1 is 1.05 bits per heavy atom. The van der Waals surface area contributed by atoms with Gasteiger partial charge in [0, 0.05) is 5.39 Å². The van der Waals surface area contributed by atoms with Crippen LogP contribution in [0.25, 0.3) is 22.0 Å². The Bertz CT molecular complexity index is 819. The van der Waals surface area contributed by atoms with Gasteiger partial charge in [-0.05, 0) is 17.9 Å². The highest BCUT2D eigenvalue weighted by Crippen LogP contribution is 2.40. The van der Waals surface area contributed by atoms with E-state index in [9.17, 15) is 10.1 Å². The van der Waals surface area contributed by atoms with Gasteiger partial charge >= 0.3 is 5.69 Å². The molecule has 0 saturated heterocycles. The number of hydrogen-bond acceptors (Lipinski definition) is 4. The highest BCUT2D eigenvalue weighted by Gasteiger charge is 2.25. The number of nitrogens with zero attached hydrogens (tertiary/aromatic N) is 2. The van der Waals surface area contributed by atoms with Crippen LogP contribution in [0.3, 0.4) is 0 Å². The van der Waals surface area contributed by atoms with Crippen LogP contribution < -0.4 is 0 Å². The minimum absolute atomic E-state index is 0.0763. The molecule has 0 radical (unpaired) electrons. The summed E-state index contributed by atoms with van der Waals surface area (Å²) in [6.07, 6.45) is 1.80. The van der Waals surface area contributed by atoms with E-state index in [1.807, 2.05) is 54.6 Å². The van der Waals surface area contributed by atoms with Crippen molar-refractivity contribution in [2.24, 2.45) is 0 Å². The molecule has 21 heavy (non-hydrogen) atoms. The Kier molecular flexibility index (Phi) is 3.58. The predicted molar refractivity (Wildman–Crippen MR) is 85.6 cm³/mol. The van der Waals surface area contributed by atoms with Crippen molar-refractivity contribution in [2.75, 3.05) is 6.26 Å². The number of hydrogen-bond donors (Lipinski definition) is 0. The number of nitro groups is 1. The Morgan fingerprint density at radius 2 is 1.71 bits per heavy atom. The zero-order valence-corrected chi connectivity index (χ0v) is 12.1. The molecule has 3 aromatic rings. The van der Waals surface area contributed by atoms with Gasteiger partial charge in [0.1, 0.15) is 0 Å². The molecule has 5 heteroatoms. The Labute approximate surface area is 126 Å². The fraction of sp³-hybridized carbons (Fsp3) is 0.0625. The highest BCUT2D eigenvalue weighted by molar-refractivity contribution is 7.98. The number of para-hydroxylation sites is 1. The third-order valence-corrected chi connectivity index (χ3v) is 3.94. The van der Waals surface area contributed by atoms with Crippen LogP contribution in [-0.2, 0) is 0 Å². The molecular weight excluding hydrogens is 284 g/mol. The topological polar surface area (TPSA) is 56.0 Å². The van der Waals surface area contributed by atoms with Crippen LogP contribution in [0.4, 0.5) is 5.69 Å².